The van der Waals surface area contributed by atoms with Gasteiger partial charge in [-0.3, -0.25) is 4.90 Å². The molecular formula is C16H23F2N3. The van der Waals surface area contributed by atoms with Crippen LogP contribution in [0.4, 0.5) is 14.6 Å². The van der Waals surface area contributed by atoms with Crippen molar-refractivity contribution in [2.24, 2.45) is 0 Å². The van der Waals surface area contributed by atoms with Gasteiger partial charge in [-0.15, -0.1) is 0 Å². The van der Waals surface area contributed by atoms with Crippen molar-refractivity contribution in [2.45, 2.75) is 44.6 Å². The van der Waals surface area contributed by atoms with Gasteiger partial charge in [-0.25, -0.2) is 13.8 Å². The Bertz CT molecular complexity index is 457. The van der Waals surface area contributed by atoms with E-state index in [2.05, 4.69) is 26.9 Å². The van der Waals surface area contributed by atoms with Crippen LogP contribution in [-0.4, -0.2) is 48.0 Å². The summed E-state index contributed by atoms with van der Waals surface area (Å²) in [5.41, 5.74) is 1.17. The first-order valence-electron chi connectivity index (χ1n) is 7.83. The van der Waals surface area contributed by atoms with Gasteiger partial charge in [0.05, 0.1) is 0 Å². The third-order valence-corrected chi connectivity index (χ3v) is 4.73. The van der Waals surface area contributed by atoms with Crippen LogP contribution in [0, 0.1) is 6.92 Å². The van der Waals surface area contributed by atoms with Gasteiger partial charge in [0.1, 0.15) is 5.82 Å². The van der Waals surface area contributed by atoms with E-state index in [9.17, 15) is 8.78 Å². The second kappa shape index (κ2) is 5.87. The molecule has 0 N–H and O–H groups in total. The SMILES string of the molecule is Cc1ccc(N2CCC(N3CCC(F)(F)CC3)CC2)nc1. The molecule has 2 aliphatic rings. The zero-order valence-corrected chi connectivity index (χ0v) is 12.6. The standard InChI is InChI=1S/C16H23F2N3/c1-13-2-3-15(19-12-13)21-8-4-14(5-9-21)20-10-6-16(17,18)7-11-20/h2-3,12,14H,4-11H2,1H3. The van der Waals surface area contributed by atoms with Gasteiger partial charge in [-0.1, -0.05) is 6.07 Å². The Balaban J connectivity index is 1.52. The lowest BCUT2D eigenvalue weighted by Crippen LogP contribution is -2.49. The van der Waals surface area contributed by atoms with E-state index in [0.717, 1.165) is 31.7 Å². The molecular weight excluding hydrogens is 272 g/mol. The maximum absolute atomic E-state index is 13.2. The van der Waals surface area contributed by atoms with Crippen molar-refractivity contribution in [2.75, 3.05) is 31.1 Å². The molecule has 0 unspecified atom stereocenters. The average molecular weight is 295 g/mol. The fourth-order valence-electron chi connectivity index (χ4n) is 3.32. The maximum atomic E-state index is 13.2. The fourth-order valence-corrected chi connectivity index (χ4v) is 3.32. The number of hydrogen-bond donors (Lipinski definition) is 0. The number of piperidine rings is 2. The highest BCUT2D eigenvalue weighted by molar-refractivity contribution is 5.39. The van der Waals surface area contributed by atoms with Crippen LogP contribution < -0.4 is 4.90 Å². The minimum atomic E-state index is -2.44. The number of pyridine rings is 1. The van der Waals surface area contributed by atoms with Gasteiger partial charge in [0.2, 0.25) is 0 Å². The quantitative estimate of drug-likeness (QED) is 0.836. The van der Waals surface area contributed by atoms with E-state index in [0.29, 0.717) is 19.1 Å². The first-order valence-corrected chi connectivity index (χ1v) is 7.83. The van der Waals surface area contributed by atoms with Crippen molar-refractivity contribution in [3.05, 3.63) is 23.9 Å². The predicted molar refractivity (Wildman–Crippen MR) is 80.0 cm³/mol. The van der Waals surface area contributed by atoms with Crippen LogP contribution in [0.1, 0.15) is 31.2 Å². The average Bonchev–Trinajstić information content (AvgIpc) is 2.48. The van der Waals surface area contributed by atoms with Crippen molar-refractivity contribution in [3.63, 3.8) is 0 Å². The Hall–Kier alpha value is -1.23. The molecule has 0 aliphatic carbocycles. The summed E-state index contributed by atoms with van der Waals surface area (Å²) in [5.74, 6) is -1.41. The minimum Gasteiger partial charge on any atom is -0.357 e. The highest BCUT2D eigenvalue weighted by Gasteiger charge is 2.36. The molecule has 3 heterocycles. The molecule has 0 spiro atoms. The first kappa shape index (κ1) is 14.7. The van der Waals surface area contributed by atoms with Gasteiger partial charge in [0.25, 0.3) is 5.92 Å². The number of anilines is 1. The van der Waals surface area contributed by atoms with Crippen LogP contribution in [0.15, 0.2) is 18.3 Å². The zero-order valence-electron chi connectivity index (χ0n) is 12.6. The van der Waals surface area contributed by atoms with Crippen molar-refractivity contribution in [1.82, 2.24) is 9.88 Å². The third-order valence-electron chi connectivity index (χ3n) is 4.73. The summed E-state index contributed by atoms with van der Waals surface area (Å²) < 4.78 is 26.4. The lowest BCUT2D eigenvalue weighted by atomic mass is 9.98. The van der Waals surface area contributed by atoms with E-state index in [4.69, 9.17) is 0 Å². The molecule has 3 nitrogen and oxygen atoms in total. The molecule has 0 amide bonds. The van der Waals surface area contributed by atoms with Gasteiger partial charge in [-0.2, -0.15) is 0 Å². The molecule has 0 aromatic carbocycles. The van der Waals surface area contributed by atoms with Crippen LogP contribution in [0.5, 0.6) is 0 Å². The van der Waals surface area contributed by atoms with E-state index < -0.39 is 5.92 Å². The van der Waals surface area contributed by atoms with Crippen LogP contribution in [0.2, 0.25) is 0 Å². The molecule has 0 radical (unpaired) electrons. The number of aromatic nitrogens is 1. The van der Waals surface area contributed by atoms with Crippen molar-refractivity contribution in [1.29, 1.82) is 0 Å². The Morgan fingerprint density at radius 1 is 1.10 bits per heavy atom. The molecule has 21 heavy (non-hydrogen) atoms. The van der Waals surface area contributed by atoms with Crippen LogP contribution in [0.25, 0.3) is 0 Å². The van der Waals surface area contributed by atoms with E-state index >= 15 is 0 Å². The molecule has 3 rings (SSSR count). The summed E-state index contributed by atoms with van der Waals surface area (Å²) in [6.45, 7) is 5.05. The summed E-state index contributed by atoms with van der Waals surface area (Å²) in [5, 5.41) is 0. The van der Waals surface area contributed by atoms with Crippen LogP contribution in [0.3, 0.4) is 0 Å². The van der Waals surface area contributed by atoms with Gasteiger partial charge < -0.3 is 4.90 Å². The molecule has 2 aliphatic heterocycles. The fraction of sp³-hybridized carbons (Fsp3) is 0.688. The van der Waals surface area contributed by atoms with Crippen LogP contribution in [-0.2, 0) is 0 Å². The molecule has 2 saturated heterocycles. The molecule has 116 valence electrons. The Labute approximate surface area is 125 Å². The van der Waals surface area contributed by atoms with Gasteiger partial charge >= 0.3 is 0 Å². The molecule has 1 aromatic rings. The minimum absolute atomic E-state index is 0.0206. The number of likely N-dealkylation sites (tertiary alicyclic amines) is 1. The second-order valence-corrected chi connectivity index (χ2v) is 6.30. The Morgan fingerprint density at radius 2 is 1.76 bits per heavy atom. The Kier molecular flexibility index (Phi) is 4.11. The summed E-state index contributed by atoms with van der Waals surface area (Å²) in [7, 11) is 0. The molecule has 0 atom stereocenters. The number of hydrogen-bond acceptors (Lipinski definition) is 3. The first-order chi connectivity index (χ1) is 10.0. The van der Waals surface area contributed by atoms with Crippen molar-refractivity contribution in [3.8, 4) is 0 Å². The van der Waals surface area contributed by atoms with E-state index in [1.807, 2.05) is 13.1 Å². The number of aryl methyl sites for hydroxylation is 1. The number of halogens is 2. The van der Waals surface area contributed by atoms with E-state index in [-0.39, 0.29) is 12.8 Å². The highest BCUT2D eigenvalue weighted by Crippen LogP contribution is 2.31. The van der Waals surface area contributed by atoms with Gasteiger partial charge in [0.15, 0.2) is 0 Å². The van der Waals surface area contributed by atoms with Gasteiger partial charge in [-0.05, 0) is 31.4 Å². The predicted octanol–water partition coefficient (Wildman–Crippen LogP) is 3.09. The normalized spacial score (nSPS) is 24.2. The summed E-state index contributed by atoms with van der Waals surface area (Å²) in [6, 6.07) is 4.61. The summed E-state index contributed by atoms with van der Waals surface area (Å²) in [4.78, 5) is 9.03. The lowest BCUT2D eigenvalue weighted by Gasteiger charge is -2.42. The summed E-state index contributed by atoms with van der Waals surface area (Å²) >= 11 is 0. The van der Waals surface area contributed by atoms with Crippen molar-refractivity contribution < 1.29 is 8.78 Å². The summed E-state index contributed by atoms with van der Waals surface area (Å²) in [6.07, 6.45) is 4.02. The molecule has 2 fully saturated rings. The molecule has 1 aromatic heterocycles. The zero-order chi connectivity index (χ0) is 14.9. The number of rotatable bonds is 2. The number of alkyl halides is 2. The van der Waals surface area contributed by atoms with Crippen molar-refractivity contribution >= 4 is 5.82 Å². The Morgan fingerprint density at radius 3 is 2.33 bits per heavy atom. The number of nitrogens with zero attached hydrogens (tertiary/aromatic N) is 3. The smallest absolute Gasteiger partial charge is 0.250 e. The van der Waals surface area contributed by atoms with E-state index in [1.165, 1.54) is 5.56 Å². The monoisotopic (exact) mass is 295 g/mol. The third kappa shape index (κ3) is 3.51. The topological polar surface area (TPSA) is 19.4 Å². The van der Waals surface area contributed by atoms with E-state index in [1.54, 1.807) is 0 Å². The van der Waals surface area contributed by atoms with Crippen LogP contribution >= 0.6 is 0 Å². The lowest BCUT2D eigenvalue weighted by molar-refractivity contribution is -0.0646. The largest absolute Gasteiger partial charge is 0.357 e. The molecule has 5 heteroatoms. The second-order valence-electron chi connectivity index (χ2n) is 6.30. The molecule has 0 bridgehead atoms. The maximum Gasteiger partial charge on any atom is 0.250 e. The van der Waals surface area contributed by atoms with Gasteiger partial charge in [0, 0.05) is 51.3 Å². The molecule has 0 saturated carbocycles. The highest BCUT2D eigenvalue weighted by atomic mass is 19.3.